The van der Waals surface area contributed by atoms with Gasteiger partial charge in [-0.2, -0.15) is 0 Å². The maximum atomic E-state index is 6.03. The van der Waals surface area contributed by atoms with Gasteiger partial charge in [0.15, 0.2) is 0 Å². The molecule has 0 spiro atoms. The van der Waals surface area contributed by atoms with Crippen molar-refractivity contribution < 1.29 is 0 Å². The first-order valence-electron chi connectivity index (χ1n) is 5.32. The molecular weight excluding hydrogens is 250 g/mol. The lowest BCUT2D eigenvalue weighted by atomic mass is 10.2. The molecule has 0 saturated heterocycles. The number of fused-ring (bicyclic) bond motifs is 1. The van der Waals surface area contributed by atoms with Crippen molar-refractivity contribution in [1.29, 1.82) is 0 Å². The van der Waals surface area contributed by atoms with E-state index in [1.807, 2.05) is 42.6 Å². The summed E-state index contributed by atoms with van der Waals surface area (Å²) in [6.07, 6.45) is 2.03. The zero-order valence-corrected chi connectivity index (χ0v) is 10.6. The molecule has 1 N–H and O–H groups in total. The third kappa shape index (κ3) is 2.19. The van der Waals surface area contributed by atoms with E-state index in [0.717, 1.165) is 10.5 Å². The van der Waals surface area contributed by atoms with Crippen LogP contribution in [0.1, 0.15) is 0 Å². The highest BCUT2D eigenvalue weighted by Gasteiger charge is 2.05. The number of rotatable bonds is 2. The van der Waals surface area contributed by atoms with Crippen LogP contribution in [0.2, 0.25) is 5.02 Å². The molecular formula is C14H10ClNS. The molecule has 3 rings (SSSR count). The lowest BCUT2D eigenvalue weighted by molar-refractivity contribution is 1.39. The van der Waals surface area contributed by atoms with Gasteiger partial charge in [0.05, 0.1) is 0 Å². The number of aromatic nitrogens is 1. The van der Waals surface area contributed by atoms with Crippen LogP contribution in [-0.4, -0.2) is 4.98 Å². The summed E-state index contributed by atoms with van der Waals surface area (Å²) in [5.41, 5.74) is 1.12. The van der Waals surface area contributed by atoms with E-state index in [-0.39, 0.29) is 0 Å². The van der Waals surface area contributed by atoms with Crippen LogP contribution < -0.4 is 0 Å². The maximum Gasteiger partial charge on any atom is 0.0466 e. The SMILES string of the molecule is Clc1ccc2[nH]cc(Sc3ccccc3)c2c1. The largest absolute Gasteiger partial charge is 0.360 e. The van der Waals surface area contributed by atoms with E-state index in [2.05, 4.69) is 17.1 Å². The van der Waals surface area contributed by atoms with Gasteiger partial charge in [0.1, 0.15) is 0 Å². The minimum Gasteiger partial charge on any atom is -0.360 e. The fourth-order valence-corrected chi connectivity index (χ4v) is 2.88. The third-order valence-electron chi connectivity index (χ3n) is 2.58. The summed E-state index contributed by atoms with van der Waals surface area (Å²) in [7, 11) is 0. The third-order valence-corrected chi connectivity index (χ3v) is 3.88. The average Bonchev–Trinajstić information content (AvgIpc) is 2.73. The van der Waals surface area contributed by atoms with Crippen molar-refractivity contribution in [2.45, 2.75) is 9.79 Å². The Morgan fingerprint density at radius 1 is 1.00 bits per heavy atom. The highest BCUT2D eigenvalue weighted by molar-refractivity contribution is 7.99. The van der Waals surface area contributed by atoms with E-state index in [9.17, 15) is 0 Å². The molecule has 2 aromatic carbocycles. The van der Waals surface area contributed by atoms with E-state index in [4.69, 9.17) is 11.6 Å². The Labute approximate surface area is 109 Å². The summed E-state index contributed by atoms with van der Waals surface area (Å²) in [4.78, 5) is 5.69. The van der Waals surface area contributed by atoms with Crippen LogP contribution >= 0.6 is 23.4 Å². The van der Waals surface area contributed by atoms with Gasteiger partial charge in [-0.25, -0.2) is 0 Å². The van der Waals surface area contributed by atoms with Gasteiger partial charge in [0.2, 0.25) is 0 Å². The number of hydrogen-bond donors (Lipinski definition) is 1. The zero-order chi connectivity index (χ0) is 11.7. The van der Waals surface area contributed by atoms with E-state index in [1.54, 1.807) is 11.8 Å². The number of H-pyrrole nitrogens is 1. The summed E-state index contributed by atoms with van der Waals surface area (Å²) in [6, 6.07) is 16.2. The van der Waals surface area contributed by atoms with Crippen molar-refractivity contribution in [3.63, 3.8) is 0 Å². The van der Waals surface area contributed by atoms with E-state index in [0.29, 0.717) is 0 Å². The van der Waals surface area contributed by atoms with Gasteiger partial charge >= 0.3 is 0 Å². The van der Waals surface area contributed by atoms with Gasteiger partial charge in [-0.3, -0.25) is 0 Å². The molecule has 1 aromatic heterocycles. The Morgan fingerprint density at radius 3 is 2.65 bits per heavy atom. The highest BCUT2D eigenvalue weighted by Crippen LogP contribution is 2.34. The van der Waals surface area contributed by atoms with Crippen LogP contribution in [0.5, 0.6) is 0 Å². The Bertz CT molecular complexity index is 646. The van der Waals surface area contributed by atoms with Crippen molar-refractivity contribution in [2.75, 3.05) is 0 Å². The zero-order valence-electron chi connectivity index (χ0n) is 8.98. The number of aromatic amines is 1. The normalized spacial score (nSPS) is 10.9. The fraction of sp³-hybridized carbons (Fsp3) is 0. The van der Waals surface area contributed by atoms with Gasteiger partial charge in [0.25, 0.3) is 0 Å². The number of nitrogens with one attached hydrogen (secondary N) is 1. The van der Waals surface area contributed by atoms with E-state index >= 15 is 0 Å². The Morgan fingerprint density at radius 2 is 1.82 bits per heavy atom. The van der Waals surface area contributed by atoms with Crippen LogP contribution in [0, 0.1) is 0 Å². The lowest BCUT2D eigenvalue weighted by Crippen LogP contribution is -1.71. The summed E-state index contributed by atoms with van der Waals surface area (Å²) in [5, 5.41) is 1.94. The van der Waals surface area contributed by atoms with Gasteiger partial charge in [-0.05, 0) is 30.3 Å². The summed E-state index contributed by atoms with van der Waals surface area (Å²) in [6.45, 7) is 0. The first-order valence-corrected chi connectivity index (χ1v) is 6.52. The van der Waals surface area contributed by atoms with Gasteiger partial charge in [-0.1, -0.05) is 41.6 Å². The summed E-state index contributed by atoms with van der Waals surface area (Å²) < 4.78 is 0. The van der Waals surface area contributed by atoms with Crippen LogP contribution in [0.15, 0.2) is 64.5 Å². The molecule has 0 fully saturated rings. The topological polar surface area (TPSA) is 15.8 Å². The number of hydrogen-bond acceptors (Lipinski definition) is 1. The molecule has 17 heavy (non-hydrogen) atoms. The lowest BCUT2D eigenvalue weighted by Gasteiger charge is -1.99. The predicted molar refractivity (Wildman–Crippen MR) is 73.9 cm³/mol. The molecule has 3 aromatic rings. The second kappa shape index (κ2) is 4.47. The number of benzene rings is 2. The minimum atomic E-state index is 0.770. The molecule has 0 unspecified atom stereocenters. The molecule has 1 nitrogen and oxygen atoms in total. The van der Waals surface area contributed by atoms with Crippen molar-refractivity contribution in [2.24, 2.45) is 0 Å². The molecule has 0 amide bonds. The predicted octanol–water partition coefficient (Wildman–Crippen LogP) is 4.97. The minimum absolute atomic E-state index is 0.770. The van der Waals surface area contributed by atoms with Crippen molar-refractivity contribution in [3.05, 3.63) is 59.8 Å². The molecule has 0 aliphatic carbocycles. The van der Waals surface area contributed by atoms with Crippen molar-refractivity contribution in [3.8, 4) is 0 Å². The standard InChI is InChI=1S/C14H10ClNS/c15-10-6-7-13-12(8-10)14(9-16-13)17-11-4-2-1-3-5-11/h1-9,16H. The van der Waals surface area contributed by atoms with Gasteiger partial charge in [-0.15, -0.1) is 0 Å². The Balaban J connectivity index is 2.03. The molecule has 0 aliphatic rings. The Kier molecular flexibility index (Phi) is 2.83. The molecule has 0 aliphatic heterocycles. The Hall–Kier alpha value is -1.38. The fourth-order valence-electron chi connectivity index (χ4n) is 1.77. The van der Waals surface area contributed by atoms with Gasteiger partial charge in [0, 0.05) is 31.9 Å². The molecule has 84 valence electrons. The average molecular weight is 260 g/mol. The summed E-state index contributed by atoms with van der Waals surface area (Å²) in [5.74, 6) is 0. The molecule has 3 heteroatoms. The van der Waals surface area contributed by atoms with Crippen LogP contribution in [0.25, 0.3) is 10.9 Å². The van der Waals surface area contributed by atoms with E-state index < -0.39 is 0 Å². The molecule has 0 bridgehead atoms. The van der Waals surface area contributed by atoms with E-state index in [1.165, 1.54) is 15.2 Å². The van der Waals surface area contributed by atoms with Crippen LogP contribution in [0.3, 0.4) is 0 Å². The number of halogens is 1. The van der Waals surface area contributed by atoms with Crippen LogP contribution in [0.4, 0.5) is 0 Å². The monoisotopic (exact) mass is 259 g/mol. The maximum absolute atomic E-state index is 6.03. The molecule has 0 atom stereocenters. The first-order chi connectivity index (χ1) is 8.33. The smallest absolute Gasteiger partial charge is 0.0466 e. The van der Waals surface area contributed by atoms with Crippen molar-refractivity contribution in [1.82, 2.24) is 4.98 Å². The molecule has 0 radical (unpaired) electrons. The highest BCUT2D eigenvalue weighted by atomic mass is 35.5. The molecule has 1 heterocycles. The van der Waals surface area contributed by atoms with Gasteiger partial charge < -0.3 is 4.98 Å². The quantitative estimate of drug-likeness (QED) is 0.687. The summed E-state index contributed by atoms with van der Waals surface area (Å²) >= 11 is 7.77. The second-order valence-electron chi connectivity index (χ2n) is 3.76. The first kappa shape index (κ1) is 10.8. The van der Waals surface area contributed by atoms with Crippen LogP contribution in [-0.2, 0) is 0 Å². The molecule has 0 saturated carbocycles. The second-order valence-corrected chi connectivity index (χ2v) is 5.31. The van der Waals surface area contributed by atoms with Crippen molar-refractivity contribution >= 4 is 34.3 Å².